The molecule has 2 aromatic rings. The molecule has 0 unspecified atom stereocenters. The molecule has 2 aromatic carbocycles. The summed E-state index contributed by atoms with van der Waals surface area (Å²) in [5.74, 6) is -0.0522. The van der Waals surface area contributed by atoms with Crippen LogP contribution >= 0.6 is 11.6 Å². The summed E-state index contributed by atoms with van der Waals surface area (Å²) in [5, 5.41) is 3.56. The molecule has 38 heavy (non-hydrogen) atoms. The average molecular weight is 537 g/mol. The van der Waals surface area contributed by atoms with Crippen molar-refractivity contribution in [1.82, 2.24) is 4.90 Å². The van der Waals surface area contributed by atoms with Crippen LogP contribution < -0.4 is 10.2 Å². The number of piperazine rings is 1. The number of nitrogens with one attached hydrogen (secondary N) is 1. The lowest BCUT2D eigenvalue weighted by molar-refractivity contribution is -0.110. The highest BCUT2D eigenvalue weighted by molar-refractivity contribution is 6.36. The summed E-state index contributed by atoms with van der Waals surface area (Å²) in [6, 6.07) is 12.4. The van der Waals surface area contributed by atoms with Crippen molar-refractivity contribution in [2.45, 2.75) is 55.4 Å². The Balaban J connectivity index is 0.000000391. The first kappa shape index (κ1) is 31.3. The number of benzene rings is 2. The third-order valence-electron chi connectivity index (χ3n) is 6.43. The van der Waals surface area contributed by atoms with E-state index < -0.39 is 0 Å². The van der Waals surface area contributed by atoms with Gasteiger partial charge in [0, 0.05) is 54.3 Å². The molecule has 1 fully saturated rings. The molecule has 0 aromatic heterocycles. The van der Waals surface area contributed by atoms with Crippen LogP contribution in [-0.4, -0.2) is 56.3 Å². The van der Waals surface area contributed by atoms with Crippen molar-refractivity contribution in [1.29, 1.82) is 0 Å². The van der Waals surface area contributed by atoms with Crippen LogP contribution in [0.2, 0.25) is 5.02 Å². The maximum atomic E-state index is 12.3. The van der Waals surface area contributed by atoms with Gasteiger partial charge in [-0.3, -0.25) is 9.79 Å². The fraction of sp³-hybridized carbons (Fsp3) is 0.438. The van der Waals surface area contributed by atoms with Gasteiger partial charge in [-0.05, 0) is 70.6 Å². The van der Waals surface area contributed by atoms with Crippen LogP contribution in [0.15, 0.2) is 58.6 Å². The fourth-order valence-corrected chi connectivity index (χ4v) is 4.79. The molecule has 5 nitrogen and oxygen atoms in total. The second kappa shape index (κ2) is 14.9. The quantitative estimate of drug-likeness (QED) is 0.396. The first-order valence-corrected chi connectivity index (χ1v) is 14.2. The number of likely N-dealkylation sites (N-methyl/N-ethyl adjacent to an activating group) is 1. The summed E-state index contributed by atoms with van der Waals surface area (Å²) in [6.45, 7) is 21.2. The molecule has 0 bridgehead atoms. The standard InChI is InChI=1S/C22H24ClN3O.C6H9N.2C2H6/c1-14(2)21-18-12-17(19(23)13-20(18)24-22(21)27)15-4-6-16(7-5-15)26-10-8-25(3)9-11-26;1-5-3-6(2)7-4-5;2*1-2/h4-7,12-13H,8-11H2,1-3H3,(H,24,27);3H,4H2,1-2H3;2*1-2H3. The predicted octanol–water partition coefficient (Wildman–Crippen LogP) is 7.96. The number of hydrogen-bond donors (Lipinski definition) is 1. The summed E-state index contributed by atoms with van der Waals surface area (Å²) in [4.78, 5) is 21.2. The molecule has 6 heteroatoms. The lowest BCUT2D eigenvalue weighted by Gasteiger charge is -2.34. The Morgan fingerprint density at radius 2 is 1.53 bits per heavy atom. The van der Waals surface area contributed by atoms with Crippen molar-refractivity contribution in [3.05, 3.63) is 64.2 Å². The lowest BCUT2D eigenvalue weighted by Crippen LogP contribution is -2.44. The summed E-state index contributed by atoms with van der Waals surface area (Å²) in [5.41, 5.74) is 9.27. The summed E-state index contributed by atoms with van der Waals surface area (Å²) in [6.07, 6.45) is 2.11. The van der Waals surface area contributed by atoms with E-state index in [1.807, 2.05) is 60.6 Å². The Morgan fingerprint density at radius 3 is 2.00 bits per heavy atom. The van der Waals surface area contributed by atoms with E-state index in [4.69, 9.17) is 11.6 Å². The molecule has 1 saturated heterocycles. The normalized spacial score (nSPS) is 16.0. The minimum Gasteiger partial charge on any atom is -0.369 e. The molecule has 0 spiro atoms. The Morgan fingerprint density at radius 1 is 0.921 bits per heavy atom. The molecule has 5 rings (SSSR count). The van der Waals surface area contributed by atoms with Gasteiger partial charge < -0.3 is 15.1 Å². The number of hydrogen-bond acceptors (Lipinski definition) is 4. The maximum absolute atomic E-state index is 12.3. The molecule has 1 amide bonds. The second-order valence-electron chi connectivity index (χ2n) is 9.49. The molecule has 0 saturated carbocycles. The highest BCUT2D eigenvalue weighted by Gasteiger charge is 2.26. The Bertz CT molecular complexity index is 1180. The van der Waals surface area contributed by atoms with E-state index in [2.05, 4.69) is 64.4 Å². The summed E-state index contributed by atoms with van der Waals surface area (Å²) in [7, 11) is 2.16. The Hall–Kier alpha value is -2.89. The van der Waals surface area contributed by atoms with Crippen LogP contribution in [0.3, 0.4) is 0 Å². The topological polar surface area (TPSA) is 47.9 Å². The lowest BCUT2D eigenvalue weighted by atomic mass is 9.97. The van der Waals surface area contributed by atoms with E-state index in [1.165, 1.54) is 11.3 Å². The first-order chi connectivity index (χ1) is 18.2. The molecule has 0 atom stereocenters. The second-order valence-corrected chi connectivity index (χ2v) is 9.90. The monoisotopic (exact) mass is 536 g/mol. The zero-order valence-corrected chi connectivity index (χ0v) is 25.5. The fourth-order valence-electron chi connectivity index (χ4n) is 4.52. The van der Waals surface area contributed by atoms with Crippen molar-refractivity contribution < 1.29 is 4.79 Å². The van der Waals surface area contributed by atoms with Gasteiger partial charge in [0.25, 0.3) is 5.91 Å². The molecule has 3 aliphatic rings. The average Bonchev–Trinajstić information content (AvgIpc) is 3.46. The van der Waals surface area contributed by atoms with Crippen LogP contribution in [0.25, 0.3) is 16.7 Å². The van der Waals surface area contributed by atoms with E-state index in [9.17, 15) is 4.79 Å². The molecular weight excluding hydrogens is 492 g/mol. The van der Waals surface area contributed by atoms with Crippen molar-refractivity contribution in [3.8, 4) is 11.1 Å². The van der Waals surface area contributed by atoms with Crippen molar-refractivity contribution in [3.63, 3.8) is 0 Å². The van der Waals surface area contributed by atoms with E-state index in [1.54, 1.807) is 0 Å². The molecule has 206 valence electrons. The summed E-state index contributed by atoms with van der Waals surface area (Å²) >= 11 is 6.54. The number of carbonyl (C=O) groups excluding carboxylic acids is 1. The van der Waals surface area contributed by atoms with Crippen molar-refractivity contribution in [2.24, 2.45) is 4.99 Å². The SMILES string of the molecule is CC.CC.CC(C)=C1C(=O)Nc2cc(Cl)c(-c3ccc(N4CCN(C)CC4)cc3)cc21.CC1=CC(C)=NC1. The number of fused-ring (bicyclic) bond motifs is 1. The van der Waals surface area contributed by atoms with Crippen LogP contribution in [0.4, 0.5) is 11.4 Å². The Labute approximate surface area is 235 Å². The van der Waals surface area contributed by atoms with Gasteiger partial charge in [0.2, 0.25) is 0 Å². The van der Waals surface area contributed by atoms with Crippen molar-refractivity contribution >= 4 is 40.2 Å². The van der Waals surface area contributed by atoms with E-state index in [-0.39, 0.29) is 5.91 Å². The highest BCUT2D eigenvalue weighted by Crippen LogP contribution is 2.41. The van der Waals surface area contributed by atoms with Gasteiger partial charge >= 0.3 is 0 Å². The molecule has 0 aliphatic carbocycles. The third kappa shape index (κ3) is 7.81. The van der Waals surface area contributed by atoms with Gasteiger partial charge in [-0.1, -0.05) is 62.6 Å². The maximum Gasteiger partial charge on any atom is 0.256 e. The largest absolute Gasteiger partial charge is 0.369 e. The smallest absolute Gasteiger partial charge is 0.256 e. The van der Waals surface area contributed by atoms with Crippen LogP contribution in [0.5, 0.6) is 0 Å². The first-order valence-electron chi connectivity index (χ1n) is 13.8. The van der Waals surface area contributed by atoms with Gasteiger partial charge in [0.05, 0.1) is 17.3 Å². The molecule has 0 radical (unpaired) electrons. The van der Waals surface area contributed by atoms with Crippen LogP contribution in [0.1, 0.15) is 61.0 Å². The molecular formula is C32H45ClN4O. The number of halogens is 1. The number of amides is 1. The number of rotatable bonds is 2. The number of aliphatic imine (C=N–C) groups is 1. The molecule has 3 heterocycles. The van der Waals surface area contributed by atoms with Crippen LogP contribution in [-0.2, 0) is 4.79 Å². The molecule has 1 N–H and O–H groups in total. The minimum absolute atomic E-state index is 0.0522. The number of carbonyl (C=O) groups is 1. The van der Waals surface area contributed by atoms with Gasteiger partial charge in [-0.25, -0.2) is 0 Å². The van der Waals surface area contributed by atoms with Crippen LogP contribution in [0, 0.1) is 0 Å². The Kier molecular flexibility index (Phi) is 12.3. The van der Waals surface area contributed by atoms with Gasteiger partial charge in [-0.2, -0.15) is 0 Å². The third-order valence-corrected chi connectivity index (χ3v) is 6.74. The molecule has 3 aliphatic heterocycles. The van der Waals surface area contributed by atoms with E-state index in [0.717, 1.165) is 72.0 Å². The predicted molar refractivity (Wildman–Crippen MR) is 168 cm³/mol. The van der Waals surface area contributed by atoms with Crippen molar-refractivity contribution in [2.75, 3.05) is 50.0 Å². The number of anilines is 2. The highest BCUT2D eigenvalue weighted by atomic mass is 35.5. The zero-order valence-electron chi connectivity index (χ0n) is 24.7. The van der Waals surface area contributed by atoms with Gasteiger partial charge in [0.15, 0.2) is 0 Å². The number of allylic oxidation sites excluding steroid dienone is 2. The van der Waals surface area contributed by atoms with Gasteiger partial charge in [0.1, 0.15) is 0 Å². The minimum atomic E-state index is -0.0522. The number of nitrogens with zero attached hydrogens (tertiary/aromatic N) is 3. The van der Waals surface area contributed by atoms with E-state index in [0.29, 0.717) is 5.02 Å². The summed E-state index contributed by atoms with van der Waals surface area (Å²) < 4.78 is 0. The van der Waals surface area contributed by atoms with Gasteiger partial charge in [-0.15, -0.1) is 0 Å². The van der Waals surface area contributed by atoms with E-state index >= 15 is 0 Å². The zero-order chi connectivity index (χ0) is 28.4.